The summed E-state index contributed by atoms with van der Waals surface area (Å²) in [6, 6.07) is 190. The summed E-state index contributed by atoms with van der Waals surface area (Å²) in [6.07, 6.45) is 0. The number of benzene rings is 21. The Morgan fingerprint density at radius 2 is 0.383 bits per heavy atom. The van der Waals surface area contributed by atoms with Gasteiger partial charge >= 0.3 is 0 Å². The maximum absolute atomic E-state index is 5.65. The van der Waals surface area contributed by atoms with E-state index < -0.39 is 0 Å². The lowest BCUT2D eigenvalue weighted by Crippen LogP contribution is -2.25. The molecule has 0 atom stereocenters. The molecule has 748 valence electrons. The van der Waals surface area contributed by atoms with Crippen molar-refractivity contribution in [3.63, 3.8) is 0 Å². The molecule has 0 N–H and O–H groups in total. The number of hydrogen-bond acceptors (Lipinski definition) is 2. The predicted octanol–water partition coefficient (Wildman–Crippen LogP) is 43.6. The van der Waals surface area contributed by atoms with Crippen LogP contribution in [0.4, 0.5) is 0 Å². The highest BCUT2D eigenvalue weighted by Crippen LogP contribution is 2.63. The van der Waals surface area contributed by atoms with Crippen molar-refractivity contribution in [1.82, 2.24) is 9.13 Å². The van der Waals surface area contributed by atoms with Gasteiger partial charge in [0.1, 0.15) is 11.2 Å². The Kier molecular flexibility index (Phi) is 42.9. The lowest BCUT2D eigenvalue weighted by atomic mass is 9.70. The molecule has 0 fully saturated rings. The molecule has 0 saturated heterocycles. The van der Waals surface area contributed by atoms with Crippen LogP contribution in [0.25, 0.3) is 152 Å². The van der Waals surface area contributed by atoms with Crippen LogP contribution in [0.3, 0.4) is 0 Å². The van der Waals surface area contributed by atoms with E-state index in [1.54, 1.807) is 0 Å². The van der Waals surface area contributed by atoms with E-state index in [1.165, 1.54) is 180 Å². The fraction of sp³-hybridized carbons (Fsp3) is 0.145. The van der Waals surface area contributed by atoms with Gasteiger partial charge in [-0.3, -0.25) is 0 Å². The second-order valence-corrected chi connectivity index (χ2v) is 35.1. The van der Waals surface area contributed by atoms with Crippen molar-refractivity contribution in [1.29, 1.82) is 0 Å². The summed E-state index contributed by atoms with van der Waals surface area (Å²) in [6.45, 7) is 38.7. The molecule has 0 aliphatic heterocycles. The zero-order valence-corrected chi connectivity index (χ0v) is 91.4. The van der Waals surface area contributed by atoms with E-state index in [-0.39, 0.29) is 10.8 Å². The zero-order chi connectivity index (χ0) is 106. The Morgan fingerprint density at radius 1 is 0.181 bits per heavy atom. The van der Waals surface area contributed by atoms with Crippen LogP contribution in [0.15, 0.2) is 544 Å². The van der Waals surface area contributed by atoms with Gasteiger partial charge in [0.25, 0.3) is 0 Å². The van der Waals surface area contributed by atoms with Crippen molar-refractivity contribution in [2.75, 3.05) is 0 Å². The Balaban J connectivity index is 0.000000148. The molecule has 0 saturated carbocycles. The van der Waals surface area contributed by atoms with Crippen LogP contribution in [-0.2, 0) is 10.8 Å². The number of hydrogen-bond donors (Lipinski definition) is 0. The fourth-order valence-corrected chi connectivity index (χ4v) is 20.7. The first-order valence-corrected chi connectivity index (χ1v) is 54.5. The number of aryl methyl sites for hydroxylation is 1. The molecule has 0 radical (unpaired) electrons. The molecule has 4 aromatic heterocycles. The summed E-state index contributed by atoms with van der Waals surface area (Å²) >= 11 is 1.86. The number of fused-ring (bicyclic) bond motifs is 26. The van der Waals surface area contributed by atoms with Gasteiger partial charge in [-0.2, -0.15) is 0 Å². The normalized spacial score (nSPS) is 11.0. The maximum atomic E-state index is 5.65. The number of para-hydroxylation sites is 8. The van der Waals surface area contributed by atoms with Crippen molar-refractivity contribution < 1.29 is 4.42 Å². The van der Waals surface area contributed by atoms with E-state index in [1.807, 2.05) is 189 Å². The molecule has 0 bridgehead atoms. The zero-order valence-electron chi connectivity index (χ0n) is 90.6. The largest absolute Gasteiger partial charge is 0.456 e. The van der Waals surface area contributed by atoms with Crippen LogP contribution in [0.2, 0.25) is 0 Å². The van der Waals surface area contributed by atoms with Crippen LogP contribution in [0, 0.1) is 6.92 Å². The van der Waals surface area contributed by atoms with Gasteiger partial charge in [0, 0.05) is 69.3 Å². The minimum absolute atomic E-state index is 0.160. The standard InChI is InChI=1S/C25H16.2C18H13N.C15H14.C12H8O.C12H8S.C12H10.C10H8.C7H8.8C2H6/c1-5-13-21-17(9-1)18-10-2-6-14-22(18)25(21)23-15-7-3-11-19(23)20-12-4-8-16-24(20)25;2*1-2-8-14(9-3-1)19-17-12-6-4-10-15(17)16-11-5-7-13-18(16)19;1-15(2)13-9-5-3-7-11(13)12-8-4-6-10-14(12)15;2*1-3-7-11-9(5-1)10-6-2-4-8-12(10)13-11;1-3-7-11(8-4-1)12-9-5-2-6-10-12;1-2-6-10-8-4-3-7-9(10)5-1;1-7-5-3-2-4-6-7;8*1-2/h1-16H;2*1-13H;3-10H,1-2H3;2*1-8H;1-10H;1-8H;2-6H,1H3;8*1-2H3. The molecular weight excluding hydrogens is 1820 g/mol. The molecule has 149 heavy (non-hydrogen) atoms. The minimum Gasteiger partial charge on any atom is -0.456 e. The second-order valence-electron chi connectivity index (χ2n) is 34.0. The molecular formula is C145H146N2OS. The molecule has 21 aromatic carbocycles. The third kappa shape index (κ3) is 25.3. The minimum atomic E-state index is -0.180. The summed E-state index contributed by atoms with van der Waals surface area (Å²) in [5.41, 5.74) is 30.0. The third-order valence-corrected chi connectivity index (χ3v) is 26.8. The monoisotopic (exact) mass is 1960 g/mol. The van der Waals surface area contributed by atoms with E-state index in [4.69, 9.17) is 4.42 Å². The van der Waals surface area contributed by atoms with Gasteiger partial charge in [-0.25, -0.2) is 0 Å². The van der Waals surface area contributed by atoms with E-state index in [2.05, 4.69) is 503 Å². The Morgan fingerprint density at radius 3 is 0.658 bits per heavy atom. The number of furan rings is 1. The molecule has 3 nitrogen and oxygen atoms in total. The summed E-state index contributed by atoms with van der Waals surface area (Å²) in [5.74, 6) is 0. The van der Waals surface area contributed by atoms with Crippen molar-refractivity contribution in [3.05, 3.63) is 579 Å². The second kappa shape index (κ2) is 57.4. The number of thiophene rings is 1. The van der Waals surface area contributed by atoms with Crippen molar-refractivity contribution >= 4 is 108 Å². The van der Waals surface area contributed by atoms with Crippen LogP contribution in [0.5, 0.6) is 0 Å². The first-order valence-electron chi connectivity index (χ1n) is 53.7. The SMILES string of the molecule is CC.CC.CC.CC.CC.CC.CC.CC.CC1(C)c2ccccc2-c2ccccc21.Cc1ccccc1.c1ccc(-c2ccccc2)cc1.c1ccc(-n2c3ccccc3c3ccccc32)cc1.c1ccc(-n2c3ccccc3c3ccccc32)cc1.c1ccc2c(c1)-c1ccccc1C21c2ccccc2-c2ccccc21.c1ccc2c(c1)oc1ccccc12.c1ccc2c(c1)sc1ccccc12.c1ccc2ccccc2c1. The van der Waals surface area contributed by atoms with Gasteiger partial charge in [0.05, 0.1) is 27.5 Å². The average molecular weight is 1960 g/mol. The number of nitrogens with zero attached hydrogens (tertiary/aromatic N) is 2. The van der Waals surface area contributed by atoms with Gasteiger partial charge in [-0.15, -0.1) is 11.3 Å². The molecule has 4 heteroatoms. The van der Waals surface area contributed by atoms with Crippen LogP contribution < -0.4 is 0 Å². The molecule has 28 rings (SSSR count). The quantitative estimate of drug-likeness (QED) is 0.173. The first-order chi connectivity index (χ1) is 73.8. The van der Waals surface area contributed by atoms with Gasteiger partial charge in [0.15, 0.2) is 0 Å². The van der Waals surface area contributed by atoms with Crippen molar-refractivity contribution in [3.8, 4) is 55.9 Å². The summed E-state index contributed by atoms with van der Waals surface area (Å²) in [4.78, 5) is 0. The van der Waals surface area contributed by atoms with Crippen molar-refractivity contribution in [2.45, 2.75) is 142 Å². The molecule has 25 aromatic rings. The fourth-order valence-electron chi connectivity index (χ4n) is 19.6. The lowest BCUT2D eigenvalue weighted by Gasteiger charge is -2.30. The van der Waals surface area contributed by atoms with Crippen LogP contribution in [-0.4, -0.2) is 9.13 Å². The number of rotatable bonds is 3. The predicted molar refractivity (Wildman–Crippen MR) is 659 cm³/mol. The van der Waals surface area contributed by atoms with Gasteiger partial charge in [-0.1, -0.05) is 597 Å². The lowest BCUT2D eigenvalue weighted by molar-refractivity contribution is 0.660. The highest BCUT2D eigenvalue weighted by Gasteiger charge is 2.51. The maximum Gasteiger partial charge on any atom is 0.135 e. The van der Waals surface area contributed by atoms with Gasteiger partial charge in [-0.05, 0) is 168 Å². The number of aromatic nitrogens is 2. The van der Waals surface area contributed by atoms with E-state index in [9.17, 15) is 0 Å². The summed E-state index contributed by atoms with van der Waals surface area (Å²) in [5, 5.41) is 13.0. The molecule has 0 amide bonds. The molecule has 3 aliphatic rings. The highest BCUT2D eigenvalue weighted by molar-refractivity contribution is 7.25. The molecule has 4 heterocycles. The highest BCUT2D eigenvalue weighted by atomic mass is 32.1. The van der Waals surface area contributed by atoms with Gasteiger partial charge in [0.2, 0.25) is 0 Å². The Bertz CT molecular complexity index is 7510. The smallest absolute Gasteiger partial charge is 0.135 e. The molecule has 0 unspecified atom stereocenters. The van der Waals surface area contributed by atoms with Gasteiger partial charge < -0.3 is 13.6 Å². The Hall–Kier alpha value is -16.5. The first kappa shape index (κ1) is 111. The Labute approximate surface area is 891 Å². The molecule has 3 aliphatic carbocycles. The van der Waals surface area contributed by atoms with Crippen LogP contribution in [0.1, 0.15) is 164 Å². The van der Waals surface area contributed by atoms with E-state index >= 15 is 0 Å². The third-order valence-electron chi connectivity index (χ3n) is 25.6. The van der Waals surface area contributed by atoms with E-state index in [0.29, 0.717) is 0 Å². The van der Waals surface area contributed by atoms with Crippen LogP contribution >= 0.6 is 11.3 Å². The van der Waals surface area contributed by atoms with E-state index in [0.717, 1.165) is 11.2 Å². The topological polar surface area (TPSA) is 23.0 Å². The summed E-state index contributed by atoms with van der Waals surface area (Å²) in [7, 11) is 0. The van der Waals surface area contributed by atoms with Crippen molar-refractivity contribution in [2.24, 2.45) is 0 Å². The molecule has 1 spiro atoms. The summed E-state index contributed by atoms with van der Waals surface area (Å²) < 4.78 is 13.1. The average Bonchev–Trinajstić information content (AvgIpc) is 1.53.